The van der Waals surface area contributed by atoms with Crippen molar-refractivity contribution in [1.82, 2.24) is 14.9 Å². The first-order valence-corrected chi connectivity index (χ1v) is 16.6. The predicted molar refractivity (Wildman–Crippen MR) is 166 cm³/mol. The summed E-state index contributed by atoms with van der Waals surface area (Å²) in [6.07, 6.45) is -7.31. The van der Waals surface area contributed by atoms with Gasteiger partial charge in [0.25, 0.3) is 0 Å². The van der Waals surface area contributed by atoms with Gasteiger partial charge in [0.1, 0.15) is 11.8 Å². The number of rotatable bonds is 10. The van der Waals surface area contributed by atoms with Crippen molar-refractivity contribution in [2.45, 2.75) is 83.9 Å². The van der Waals surface area contributed by atoms with Crippen LogP contribution in [-0.4, -0.2) is 51.2 Å². The van der Waals surface area contributed by atoms with E-state index in [0.29, 0.717) is 42.4 Å². The first-order chi connectivity index (χ1) is 22.5. The van der Waals surface area contributed by atoms with Gasteiger partial charge in [0.05, 0.1) is 40.5 Å². The molecule has 2 aliphatic rings. The lowest BCUT2D eigenvalue weighted by atomic mass is 9.80. The summed E-state index contributed by atoms with van der Waals surface area (Å²) in [5.41, 5.74) is -1.45. The fraction of sp³-hybridized carbons (Fsp3) is 0.515. The van der Waals surface area contributed by atoms with Gasteiger partial charge >= 0.3 is 24.4 Å². The number of benzene rings is 1. The molecule has 1 unspecified atom stereocenters. The third-order valence-corrected chi connectivity index (χ3v) is 10.2. The zero-order chi connectivity index (χ0) is 35.0. The Morgan fingerprint density at radius 2 is 1.69 bits per heavy atom. The smallest absolute Gasteiger partial charge is 0.416 e. The number of hydrogen-bond donors (Lipinski definition) is 1. The zero-order valence-electron chi connectivity index (χ0n) is 26.6. The third kappa shape index (κ3) is 7.87. The SMILES string of the molecule is CCN(CC1CCC(CC(=O)O)CC1)c1ncc(-c2sccc2C)nc1CN1C(=O)OC(c2cc(C(F)(F)F)cc(C(F)(F)F)c2)[C@@H]1C. The van der Waals surface area contributed by atoms with Gasteiger partial charge < -0.3 is 14.7 Å². The lowest BCUT2D eigenvalue weighted by Crippen LogP contribution is -2.36. The summed E-state index contributed by atoms with van der Waals surface area (Å²) < 4.78 is 87.1. The molecule has 0 spiro atoms. The van der Waals surface area contributed by atoms with Crippen molar-refractivity contribution in [3.05, 3.63) is 63.8 Å². The average molecular weight is 699 g/mol. The normalized spacial score (nSPS) is 21.8. The standard InChI is InChI=1S/C33H36F6N4O4S/c1-4-42(16-21-7-5-20(6-8-21)11-27(44)45)30-26(41-25(15-40-30)29-18(2)9-10-48-29)17-43-19(3)28(47-31(43)46)22-12-23(32(34,35)36)14-24(13-22)33(37,38)39/h9-10,12-15,19-21,28H,4-8,11,16-17H2,1-3H3,(H,44,45)/t19-,20?,21?,28?/m0/s1. The van der Waals surface area contributed by atoms with Crippen LogP contribution in [0.3, 0.4) is 0 Å². The van der Waals surface area contributed by atoms with Crippen molar-refractivity contribution in [3.8, 4) is 10.6 Å². The molecule has 5 rings (SSSR count). The quantitative estimate of drug-likeness (QED) is 0.212. The molecule has 1 saturated carbocycles. The van der Waals surface area contributed by atoms with E-state index in [0.717, 1.165) is 36.1 Å². The number of alkyl halides is 6. The van der Waals surface area contributed by atoms with Gasteiger partial charge in [0, 0.05) is 19.5 Å². The highest BCUT2D eigenvalue weighted by atomic mass is 32.1. The van der Waals surface area contributed by atoms with E-state index in [9.17, 15) is 41.0 Å². The molecule has 15 heteroatoms. The van der Waals surface area contributed by atoms with Crippen molar-refractivity contribution < 1.29 is 45.8 Å². The molecule has 2 atom stereocenters. The molecule has 0 radical (unpaired) electrons. The first-order valence-electron chi connectivity index (χ1n) is 15.7. The van der Waals surface area contributed by atoms with Crippen LogP contribution in [-0.2, 0) is 28.4 Å². The zero-order valence-corrected chi connectivity index (χ0v) is 27.4. The van der Waals surface area contributed by atoms with Crippen LogP contribution in [0, 0.1) is 18.8 Å². The number of carbonyl (C=O) groups excluding carboxylic acids is 1. The highest BCUT2D eigenvalue weighted by Crippen LogP contribution is 2.42. The molecule has 1 amide bonds. The van der Waals surface area contributed by atoms with E-state index in [4.69, 9.17) is 14.7 Å². The number of amides is 1. The number of carbonyl (C=O) groups is 2. The molecular weight excluding hydrogens is 662 g/mol. The van der Waals surface area contributed by atoms with E-state index in [1.54, 1.807) is 6.20 Å². The molecule has 1 aliphatic carbocycles. The van der Waals surface area contributed by atoms with Crippen LogP contribution in [0.4, 0.5) is 37.0 Å². The number of thiophene rings is 1. The summed E-state index contributed by atoms with van der Waals surface area (Å²) in [5, 5.41) is 11.1. The second-order valence-corrected chi connectivity index (χ2v) is 13.4. The number of aryl methyl sites for hydroxylation is 1. The number of anilines is 1. The van der Waals surface area contributed by atoms with E-state index < -0.39 is 53.3 Å². The first kappa shape index (κ1) is 35.4. The van der Waals surface area contributed by atoms with E-state index in [1.165, 1.54) is 23.2 Å². The van der Waals surface area contributed by atoms with Gasteiger partial charge in [-0.15, -0.1) is 11.3 Å². The molecule has 8 nitrogen and oxygen atoms in total. The van der Waals surface area contributed by atoms with Gasteiger partial charge in [-0.2, -0.15) is 26.3 Å². The van der Waals surface area contributed by atoms with E-state index in [-0.39, 0.29) is 30.9 Å². The van der Waals surface area contributed by atoms with E-state index in [1.807, 2.05) is 30.2 Å². The van der Waals surface area contributed by atoms with Crippen LogP contribution < -0.4 is 4.90 Å². The van der Waals surface area contributed by atoms with Crippen LogP contribution in [0.5, 0.6) is 0 Å². The van der Waals surface area contributed by atoms with Crippen molar-refractivity contribution >= 4 is 29.2 Å². The van der Waals surface area contributed by atoms with Crippen LogP contribution in [0.25, 0.3) is 10.6 Å². The van der Waals surface area contributed by atoms with Gasteiger partial charge in [-0.1, -0.05) is 0 Å². The Morgan fingerprint density at radius 1 is 1.06 bits per heavy atom. The van der Waals surface area contributed by atoms with E-state index in [2.05, 4.69) is 0 Å². The Morgan fingerprint density at radius 3 is 2.23 bits per heavy atom. The molecule has 1 aromatic carbocycles. The fourth-order valence-corrected chi connectivity index (χ4v) is 7.42. The molecule has 0 bridgehead atoms. The van der Waals surface area contributed by atoms with Crippen LogP contribution >= 0.6 is 11.3 Å². The summed E-state index contributed by atoms with van der Waals surface area (Å²) >= 11 is 1.47. The minimum atomic E-state index is -5.05. The molecule has 48 heavy (non-hydrogen) atoms. The molecule has 1 saturated heterocycles. The molecule has 260 valence electrons. The summed E-state index contributed by atoms with van der Waals surface area (Å²) in [6, 6.07) is 2.21. The Hall–Kier alpha value is -3.88. The Bertz CT molecular complexity index is 1600. The Labute approximate surface area is 277 Å². The summed E-state index contributed by atoms with van der Waals surface area (Å²) in [5.74, 6) is 0.107. The maximum atomic E-state index is 13.6. The molecule has 2 fully saturated rings. The lowest BCUT2D eigenvalue weighted by Gasteiger charge is -2.33. The lowest BCUT2D eigenvalue weighted by molar-refractivity contribution is -0.143. The van der Waals surface area contributed by atoms with Crippen molar-refractivity contribution in [2.75, 3.05) is 18.0 Å². The minimum absolute atomic E-state index is 0.0423. The van der Waals surface area contributed by atoms with Gasteiger partial charge in [-0.05, 0) is 99.1 Å². The molecule has 3 aromatic rings. The average Bonchev–Trinajstić information content (AvgIpc) is 3.57. The number of halogens is 6. The Balaban J connectivity index is 1.45. The number of carboxylic acids is 1. The molecule has 1 N–H and O–H groups in total. The highest BCUT2D eigenvalue weighted by Gasteiger charge is 2.44. The fourth-order valence-electron chi connectivity index (χ4n) is 6.54. The van der Waals surface area contributed by atoms with Crippen LogP contribution in [0.1, 0.15) is 80.0 Å². The van der Waals surface area contributed by atoms with Gasteiger partial charge in [-0.25, -0.2) is 14.8 Å². The maximum Gasteiger partial charge on any atom is 0.416 e. The Kier molecular flexibility index (Phi) is 10.3. The number of aliphatic carboxylic acids is 1. The topological polar surface area (TPSA) is 95.9 Å². The van der Waals surface area contributed by atoms with Crippen molar-refractivity contribution in [1.29, 1.82) is 0 Å². The maximum absolute atomic E-state index is 13.6. The largest absolute Gasteiger partial charge is 0.481 e. The van der Waals surface area contributed by atoms with Gasteiger partial charge in [-0.3, -0.25) is 9.69 Å². The minimum Gasteiger partial charge on any atom is -0.481 e. The highest BCUT2D eigenvalue weighted by molar-refractivity contribution is 7.13. The predicted octanol–water partition coefficient (Wildman–Crippen LogP) is 8.74. The second-order valence-electron chi connectivity index (χ2n) is 12.5. The van der Waals surface area contributed by atoms with Crippen LogP contribution in [0.2, 0.25) is 0 Å². The molecular formula is C33H36F6N4O4S. The van der Waals surface area contributed by atoms with Gasteiger partial charge in [0.15, 0.2) is 5.82 Å². The number of ether oxygens (including phenoxy) is 1. The molecule has 1 aliphatic heterocycles. The van der Waals surface area contributed by atoms with Gasteiger partial charge in [0.2, 0.25) is 0 Å². The molecule has 2 aromatic heterocycles. The number of cyclic esters (lactones) is 1. The summed E-state index contributed by atoms with van der Waals surface area (Å²) in [6.45, 7) is 6.40. The molecule has 3 heterocycles. The monoisotopic (exact) mass is 698 g/mol. The van der Waals surface area contributed by atoms with Crippen LogP contribution in [0.15, 0.2) is 35.8 Å². The number of hydrogen-bond acceptors (Lipinski definition) is 7. The number of aromatic nitrogens is 2. The van der Waals surface area contributed by atoms with Crippen molar-refractivity contribution in [3.63, 3.8) is 0 Å². The third-order valence-electron chi connectivity index (χ3n) is 9.16. The summed E-state index contributed by atoms with van der Waals surface area (Å²) in [4.78, 5) is 38.3. The number of nitrogens with zero attached hydrogens (tertiary/aromatic N) is 4. The number of carboxylic acid groups (broad SMARTS) is 1. The van der Waals surface area contributed by atoms with E-state index >= 15 is 0 Å². The second kappa shape index (κ2) is 13.9. The summed E-state index contributed by atoms with van der Waals surface area (Å²) in [7, 11) is 0. The van der Waals surface area contributed by atoms with Crippen molar-refractivity contribution in [2.24, 2.45) is 11.8 Å².